The first-order valence-electron chi connectivity index (χ1n) is 4.36. The Morgan fingerprint density at radius 2 is 2.12 bits per heavy atom. The van der Waals surface area contributed by atoms with Gasteiger partial charge in [0.1, 0.15) is 11.0 Å². The van der Waals surface area contributed by atoms with Crippen LogP contribution in [0.1, 0.15) is 5.82 Å². The average molecular weight is 367 g/mol. The Bertz CT molecular complexity index is 574. The molecular formula is C10H5Cl2IN2O. The summed E-state index contributed by atoms with van der Waals surface area (Å²) in [6, 6.07) is 5.65. The van der Waals surface area contributed by atoms with Crippen LogP contribution in [0.15, 0.2) is 18.2 Å². The molecule has 1 heterocycles. The van der Waals surface area contributed by atoms with Crippen LogP contribution in [0.25, 0.3) is 10.9 Å². The maximum atomic E-state index is 10.8. The molecule has 2 rings (SSSR count). The van der Waals surface area contributed by atoms with Crippen molar-refractivity contribution in [3.63, 3.8) is 0 Å². The highest BCUT2D eigenvalue weighted by molar-refractivity contribution is 14.1. The van der Waals surface area contributed by atoms with Gasteiger partial charge in [0.25, 0.3) is 0 Å². The third kappa shape index (κ3) is 2.61. The smallest absolute Gasteiger partial charge is 0.229 e. The van der Waals surface area contributed by atoms with Gasteiger partial charge in [0.05, 0.1) is 11.9 Å². The fraction of sp³-hybridized carbons (Fsp3) is 0.100. The zero-order valence-corrected chi connectivity index (χ0v) is 11.5. The van der Waals surface area contributed by atoms with Gasteiger partial charge in [-0.1, -0.05) is 11.6 Å². The molecule has 0 aliphatic heterocycles. The molecule has 2 aromatic rings. The van der Waals surface area contributed by atoms with Crippen LogP contribution in [-0.2, 0) is 11.2 Å². The molecule has 0 bridgehead atoms. The van der Waals surface area contributed by atoms with E-state index in [4.69, 9.17) is 23.2 Å². The lowest BCUT2D eigenvalue weighted by Crippen LogP contribution is -2.01. The molecule has 0 spiro atoms. The topological polar surface area (TPSA) is 42.9 Å². The zero-order chi connectivity index (χ0) is 11.7. The van der Waals surface area contributed by atoms with Gasteiger partial charge in [0, 0.05) is 8.96 Å². The summed E-state index contributed by atoms with van der Waals surface area (Å²) < 4.78 is 1.05. The van der Waals surface area contributed by atoms with Gasteiger partial charge >= 0.3 is 0 Å². The molecule has 1 aromatic heterocycles. The minimum Gasteiger partial charge on any atom is -0.281 e. The van der Waals surface area contributed by atoms with Crippen LogP contribution >= 0.6 is 45.8 Å². The average Bonchev–Trinajstić information content (AvgIpc) is 2.18. The van der Waals surface area contributed by atoms with E-state index in [9.17, 15) is 4.79 Å². The Labute approximate surface area is 115 Å². The number of nitrogens with zero attached hydrogens (tertiary/aromatic N) is 2. The molecule has 0 saturated carbocycles. The number of aromatic nitrogens is 2. The van der Waals surface area contributed by atoms with Crippen LogP contribution in [0.3, 0.4) is 0 Å². The van der Waals surface area contributed by atoms with Crippen LogP contribution < -0.4 is 0 Å². The van der Waals surface area contributed by atoms with Gasteiger partial charge in [0.2, 0.25) is 5.24 Å². The second-order valence-corrected chi connectivity index (χ2v) is 5.15. The molecule has 0 atom stereocenters. The summed E-state index contributed by atoms with van der Waals surface area (Å²) in [5.74, 6) is 0.346. The van der Waals surface area contributed by atoms with Crippen LogP contribution in [0.5, 0.6) is 0 Å². The van der Waals surface area contributed by atoms with E-state index in [0.717, 1.165) is 8.96 Å². The number of carbonyl (C=O) groups excluding carboxylic acids is 1. The molecule has 1 aromatic carbocycles. The minimum atomic E-state index is -0.499. The first-order valence-corrected chi connectivity index (χ1v) is 6.20. The number of fused-ring (bicyclic) bond motifs is 1. The normalized spacial score (nSPS) is 10.7. The second-order valence-electron chi connectivity index (χ2n) is 3.12. The van der Waals surface area contributed by atoms with Crippen molar-refractivity contribution in [2.75, 3.05) is 0 Å². The molecule has 0 fully saturated rings. The number of carbonyl (C=O) groups is 1. The van der Waals surface area contributed by atoms with Crippen molar-refractivity contribution in [3.8, 4) is 0 Å². The van der Waals surface area contributed by atoms with Crippen LogP contribution in [0, 0.1) is 3.57 Å². The Kier molecular flexibility index (Phi) is 3.61. The zero-order valence-electron chi connectivity index (χ0n) is 7.88. The molecule has 0 aliphatic carbocycles. The van der Waals surface area contributed by atoms with Gasteiger partial charge in [0.15, 0.2) is 0 Å². The van der Waals surface area contributed by atoms with Crippen LogP contribution in [-0.4, -0.2) is 15.2 Å². The first-order chi connectivity index (χ1) is 7.56. The molecule has 16 heavy (non-hydrogen) atoms. The highest BCUT2D eigenvalue weighted by Gasteiger charge is 2.08. The minimum absolute atomic E-state index is 0.0107. The van der Waals surface area contributed by atoms with Crippen molar-refractivity contribution < 1.29 is 4.79 Å². The Morgan fingerprint density at radius 3 is 2.81 bits per heavy atom. The largest absolute Gasteiger partial charge is 0.281 e. The molecule has 0 aliphatic rings. The summed E-state index contributed by atoms with van der Waals surface area (Å²) >= 11 is 13.5. The van der Waals surface area contributed by atoms with Crippen molar-refractivity contribution in [2.24, 2.45) is 0 Å². The summed E-state index contributed by atoms with van der Waals surface area (Å²) in [5.41, 5.74) is 0.716. The molecule has 6 heteroatoms. The maximum Gasteiger partial charge on any atom is 0.229 e. The number of rotatable bonds is 2. The van der Waals surface area contributed by atoms with Crippen molar-refractivity contribution in [3.05, 3.63) is 32.7 Å². The van der Waals surface area contributed by atoms with E-state index in [2.05, 4.69) is 32.6 Å². The fourth-order valence-corrected chi connectivity index (χ4v) is 2.17. The van der Waals surface area contributed by atoms with Crippen molar-refractivity contribution in [2.45, 2.75) is 6.42 Å². The lowest BCUT2D eigenvalue weighted by Gasteiger charge is -2.03. The van der Waals surface area contributed by atoms with Crippen LogP contribution in [0.4, 0.5) is 0 Å². The van der Waals surface area contributed by atoms with Crippen molar-refractivity contribution >= 4 is 61.9 Å². The highest BCUT2D eigenvalue weighted by atomic mass is 127. The first kappa shape index (κ1) is 12.0. The maximum absolute atomic E-state index is 10.8. The number of halogens is 3. The summed E-state index contributed by atoms with van der Waals surface area (Å²) in [6.45, 7) is 0. The Hall–Kier alpha value is -0.460. The summed E-state index contributed by atoms with van der Waals surface area (Å²) in [4.78, 5) is 19.0. The van der Waals surface area contributed by atoms with Gasteiger partial charge in [-0.3, -0.25) is 4.79 Å². The quantitative estimate of drug-likeness (QED) is 0.465. The lowest BCUT2D eigenvalue weighted by molar-refractivity contribution is -0.111. The van der Waals surface area contributed by atoms with E-state index >= 15 is 0 Å². The Balaban J connectivity index is 2.59. The van der Waals surface area contributed by atoms with E-state index < -0.39 is 5.24 Å². The van der Waals surface area contributed by atoms with Crippen molar-refractivity contribution in [1.82, 2.24) is 9.97 Å². The van der Waals surface area contributed by atoms with Gasteiger partial charge < -0.3 is 0 Å². The van der Waals surface area contributed by atoms with Crippen LogP contribution in [0.2, 0.25) is 5.15 Å². The molecule has 0 amide bonds. The summed E-state index contributed by atoms with van der Waals surface area (Å²) in [6.07, 6.45) is -0.0107. The van der Waals surface area contributed by atoms with E-state index in [1.54, 1.807) is 0 Å². The van der Waals surface area contributed by atoms with Crippen molar-refractivity contribution in [1.29, 1.82) is 0 Å². The SMILES string of the molecule is O=C(Cl)Cc1nc(Cl)c2cc(I)ccc2n1. The van der Waals surface area contributed by atoms with Gasteiger partial charge in [-0.25, -0.2) is 9.97 Å². The summed E-state index contributed by atoms with van der Waals surface area (Å²) in [5, 5.41) is 0.622. The molecule has 3 nitrogen and oxygen atoms in total. The fourth-order valence-electron chi connectivity index (χ4n) is 1.31. The number of benzene rings is 1. The van der Waals surface area contributed by atoms with Gasteiger partial charge in [-0.05, 0) is 52.4 Å². The molecular weight excluding hydrogens is 362 g/mol. The summed E-state index contributed by atoms with van der Waals surface area (Å²) in [7, 11) is 0. The monoisotopic (exact) mass is 366 g/mol. The van der Waals surface area contributed by atoms with E-state index in [-0.39, 0.29) is 6.42 Å². The molecule has 0 radical (unpaired) electrons. The molecule has 0 N–H and O–H groups in total. The lowest BCUT2D eigenvalue weighted by atomic mass is 10.2. The van der Waals surface area contributed by atoms with E-state index in [1.165, 1.54) is 0 Å². The van der Waals surface area contributed by atoms with Gasteiger partial charge in [-0.2, -0.15) is 0 Å². The second kappa shape index (κ2) is 4.81. The predicted molar refractivity (Wildman–Crippen MR) is 71.8 cm³/mol. The number of hydrogen-bond acceptors (Lipinski definition) is 3. The number of hydrogen-bond donors (Lipinski definition) is 0. The Morgan fingerprint density at radius 1 is 1.38 bits per heavy atom. The standard InChI is InChI=1S/C10H5Cl2IN2O/c11-8(16)4-9-14-7-2-1-5(13)3-6(7)10(12)15-9/h1-3H,4H2. The van der Waals surface area contributed by atoms with E-state index in [0.29, 0.717) is 16.5 Å². The molecule has 82 valence electrons. The predicted octanol–water partition coefficient (Wildman–Crippen LogP) is 3.20. The van der Waals surface area contributed by atoms with E-state index in [1.807, 2.05) is 18.2 Å². The van der Waals surface area contributed by atoms with Gasteiger partial charge in [-0.15, -0.1) is 0 Å². The highest BCUT2D eigenvalue weighted by Crippen LogP contribution is 2.22. The molecule has 0 saturated heterocycles. The third-order valence-electron chi connectivity index (χ3n) is 1.95. The third-order valence-corrected chi connectivity index (χ3v) is 3.05. The molecule has 0 unspecified atom stereocenters.